The molecule has 1 saturated heterocycles. The van der Waals surface area contributed by atoms with Gasteiger partial charge >= 0.3 is 5.69 Å². The van der Waals surface area contributed by atoms with E-state index in [0.29, 0.717) is 24.5 Å². The smallest absolute Gasteiger partial charge is 0.348 e. The Morgan fingerprint density at radius 3 is 2.08 bits per heavy atom. The van der Waals surface area contributed by atoms with Crippen LogP contribution in [0.15, 0.2) is 108 Å². The topological polar surface area (TPSA) is 70.4 Å². The molecule has 2 heterocycles. The molecule has 1 aliphatic rings. The Labute approximate surface area is 240 Å². The number of hydrogen-bond donors (Lipinski definition) is 0. The number of nitrogens with zero attached hydrogens (tertiary/aromatic N) is 2. The van der Waals surface area contributed by atoms with E-state index in [1.165, 1.54) is 10.4 Å². The van der Waals surface area contributed by atoms with Crippen LogP contribution in [0.3, 0.4) is 0 Å². The molecule has 3 aromatic carbocycles. The van der Waals surface area contributed by atoms with Gasteiger partial charge in [-0.05, 0) is 21.5 Å². The van der Waals surface area contributed by atoms with Gasteiger partial charge in [-0.25, -0.2) is 4.79 Å². The zero-order valence-corrected chi connectivity index (χ0v) is 24.8. The second kappa shape index (κ2) is 12.1. The zero-order valence-electron chi connectivity index (χ0n) is 23.0. The molecule has 6 nitrogen and oxygen atoms in total. The fourth-order valence-electron chi connectivity index (χ4n) is 5.29. The SMILES string of the molecule is CC(C)(C)[Si](OC[C@@H]1OC[C@H](n2ccc(CC(=O)c3ccccc3)nc2=O)S1)(c1ccccc1)c1ccccc1. The molecular formula is C32H34N2O4SSi. The molecule has 0 radical (unpaired) electrons. The van der Waals surface area contributed by atoms with Crippen LogP contribution in [0.1, 0.15) is 42.2 Å². The van der Waals surface area contributed by atoms with Crippen LogP contribution in [0, 0.1) is 0 Å². The van der Waals surface area contributed by atoms with Gasteiger partial charge in [0, 0.05) is 11.8 Å². The predicted octanol–water partition coefficient (Wildman–Crippen LogP) is 4.83. The molecular weight excluding hydrogens is 537 g/mol. The van der Waals surface area contributed by atoms with Gasteiger partial charge < -0.3 is 9.16 Å². The number of thioether (sulfide) groups is 1. The molecule has 1 fully saturated rings. The van der Waals surface area contributed by atoms with E-state index in [2.05, 4.69) is 74.3 Å². The van der Waals surface area contributed by atoms with Gasteiger partial charge in [0.05, 0.1) is 25.3 Å². The highest BCUT2D eigenvalue weighted by Gasteiger charge is 2.50. The number of benzene rings is 3. The Kier molecular flexibility index (Phi) is 8.51. The Balaban J connectivity index is 1.31. The molecule has 5 rings (SSSR count). The minimum absolute atomic E-state index is 0.0654. The first kappa shape index (κ1) is 28.2. The normalized spacial score (nSPS) is 17.6. The maximum Gasteiger partial charge on any atom is 0.348 e. The van der Waals surface area contributed by atoms with Crippen molar-refractivity contribution in [3.8, 4) is 0 Å². The second-order valence-electron chi connectivity index (χ2n) is 10.9. The van der Waals surface area contributed by atoms with Crippen LogP contribution in [-0.4, -0.2) is 42.3 Å². The van der Waals surface area contributed by atoms with E-state index < -0.39 is 8.32 Å². The summed E-state index contributed by atoms with van der Waals surface area (Å²) >= 11 is 1.57. The van der Waals surface area contributed by atoms with Crippen molar-refractivity contribution in [3.63, 3.8) is 0 Å². The summed E-state index contributed by atoms with van der Waals surface area (Å²) in [4.78, 5) is 29.7. The highest BCUT2D eigenvalue weighted by atomic mass is 32.2. The van der Waals surface area contributed by atoms with Crippen LogP contribution in [0.2, 0.25) is 5.04 Å². The van der Waals surface area contributed by atoms with Crippen molar-refractivity contribution >= 4 is 36.2 Å². The predicted molar refractivity (Wildman–Crippen MR) is 163 cm³/mol. The molecule has 1 aromatic heterocycles. The summed E-state index contributed by atoms with van der Waals surface area (Å²) in [6, 6.07) is 31.8. The van der Waals surface area contributed by atoms with Gasteiger partial charge in [0.1, 0.15) is 10.8 Å². The van der Waals surface area contributed by atoms with Gasteiger partial charge in [-0.3, -0.25) is 9.36 Å². The lowest BCUT2D eigenvalue weighted by Gasteiger charge is -2.43. The third-order valence-corrected chi connectivity index (χ3v) is 13.5. The Bertz CT molecular complexity index is 1450. The van der Waals surface area contributed by atoms with E-state index in [1.807, 2.05) is 30.3 Å². The first-order valence-electron chi connectivity index (χ1n) is 13.5. The summed E-state index contributed by atoms with van der Waals surface area (Å²) in [5.74, 6) is -0.0654. The summed E-state index contributed by atoms with van der Waals surface area (Å²) in [7, 11) is -2.69. The lowest BCUT2D eigenvalue weighted by Crippen LogP contribution is -2.67. The van der Waals surface area contributed by atoms with E-state index in [9.17, 15) is 9.59 Å². The Morgan fingerprint density at radius 1 is 0.950 bits per heavy atom. The lowest BCUT2D eigenvalue weighted by atomic mass is 10.1. The van der Waals surface area contributed by atoms with Gasteiger partial charge in [-0.2, -0.15) is 4.98 Å². The fourth-order valence-corrected chi connectivity index (χ4v) is 11.1. The zero-order chi connectivity index (χ0) is 28.2. The van der Waals surface area contributed by atoms with Crippen LogP contribution in [0.4, 0.5) is 0 Å². The van der Waals surface area contributed by atoms with Crippen molar-refractivity contribution in [2.45, 2.75) is 43.0 Å². The number of rotatable bonds is 9. The van der Waals surface area contributed by atoms with Crippen molar-refractivity contribution in [3.05, 3.63) is 125 Å². The lowest BCUT2D eigenvalue weighted by molar-refractivity contribution is 0.0849. The molecule has 40 heavy (non-hydrogen) atoms. The summed E-state index contributed by atoms with van der Waals surface area (Å²) < 4.78 is 14.7. The molecule has 0 bridgehead atoms. The third kappa shape index (κ3) is 5.90. The van der Waals surface area contributed by atoms with Gasteiger partial charge in [0.25, 0.3) is 8.32 Å². The number of hydrogen-bond acceptors (Lipinski definition) is 6. The van der Waals surface area contributed by atoms with Crippen molar-refractivity contribution in [2.75, 3.05) is 13.2 Å². The first-order valence-corrected chi connectivity index (χ1v) is 16.3. The standard InChI is InChI=1S/C32H34N2O4SSi/c1-32(2,3)40(26-15-9-5-10-16-26,27-17-11-6-12-18-27)38-23-30-37-22-29(39-30)34-20-19-25(33-31(34)36)21-28(35)24-13-7-4-8-14-24/h4-20,29-30H,21-23H2,1-3H3/t29-,30-/m1/s1. The van der Waals surface area contributed by atoms with Gasteiger partial charge in [-0.15, -0.1) is 11.8 Å². The number of carbonyl (C=O) groups is 1. The van der Waals surface area contributed by atoms with Crippen LogP contribution >= 0.6 is 11.8 Å². The Hall–Kier alpha value is -3.30. The Morgan fingerprint density at radius 2 is 1.52 bits per heavy atom. The largest absolute Gasteiger partial charge is 0.404 e. The monoisotopic (exact) mass is 570 g/mol. The maximum atomic E-state index is 12.9. The van der Waals surface area contributed by atoms with E-state index >= 15 is 0 Å². The molecule has 0 saturated carbocycles. The van der Waals surface area contributed by atoms with Crippen molar-refractivity contribution in [1.29, 1.82) is 0 Å². The van der Waals surface area contributed by atoms with Crippen LogP contribution in [-0.2, 0) is 15.6 Å². The summed E-state index contributed by atoms with van der Waals surface area (Å²) in [6.45, 7) is 7.53. The number of carbonyl (C=O) groups excluding carboxylic acids is 1. The third-order valence-electron chi connectivity index (χ3n) is 7.22. The van der Waals surface area contributed by atoms with Crippen molar-refractivity contribution in [1.82, 2.24) is 9.55 Å². The highest BCUT2D eigenvalue weighted by molar-refractivity contribution is 8.00. The molecule has 2 atom stereocenters. The summed E-state index contributed by atoms with van der Waals surface area (Å²) in [5, 5.41) is 2.09. The van der Waals surface area contributed by atoms with Crippen molar-refractivity contribution < 1.29 is 14.0 Å². The van der Waals surface area contributed by atoms with Gasteiger partial charge in [0.15, 0.2) is 5.78 Å². The molecule has 8 heteroatoms. The summed E-state index contributed by atoms with van der Waals surface area (Å²) in [5.41, 5.74) is 0.466. The quantitative estimate of drug-likeness (QED) is 0.212. The number of Topliss-reactive ketones (excluding diaryl/α,β-unsaturated/α-hetero) is 1. The molecule has 1 aliphatic heterocycles. The fraction of sp³-hybridized carbons (Fsp3) is 0.281. The molecule has 4 aromatic rings. The minimum Gasteiger partial charge on any atom is -0.404 e. The molecule has 206 valence electrons. The highest BCUT2D eigenvalue weighted by Crippen LogP contribution is 2.39. The van der Waals surface area contributed by atoms with Crippen LogP contribution in [0.5, 0.6) is 0 Å². The van der Waals surface area contributed by atoms with Crippen LogP contribution < -0.4 is 16.1 Å². The minimum atomic E-state index is -2.69. The van der Waals surface area contributed by atoms with E-state index in [4.69, 9.17) is 9.16 Å². The molecule has 0 spiro atoms. The van der Waals surface area contributed by atoms with Gasteiger partial charge in [0.2, 0.25) is 0 Å². The van der Waals surface area contributed by atoms with E-state index in [1.54, 1.807) is 40.7 Å². The molecule has 0 N–H and O–H groups in total. The molecule has 0 unspecified atom stereocenters. The number of ether oxygens (including phenoxy) is 1. The maximum absolute atomic E-state index is 12.9. The van der Waals surface area contributed by atoms with Crippen molar-refractivity contribution in [2.24, 2.45) is 0 Å². The number of ketones is 1. The number of aromatic nitrogens is 2. The van der Waals surface area contributed by atoms with Crippen LogP contribution in [0.25, 0.3) is 0 Å². The average molecular weight is 571 g/mol. The second-order valence-corrected chi connectivity index (χ2v) is 16.6. The van der Waals surface area contributed by atoms with E-state index in [-0.39, 0.29) is 33.7 Å². The molecule has 0 aliphatic carbocycles. The first-order chi connectivity index (χ1) is 19.3. The average Bonchev–Trinajstić information content (AvgIpc) is 3.43. The van der Waals surface area contributed by atoms with E-state index in [0.717, 1.165) is 0 Å². The summed E-state index contributed by atoms with van der Waals surface area (Å²) in [6.07, 6.45) is 1.80. The van der Waals surface area contributed by atoms with Gasteiger partial charge in [-0.1, -0.05) is 112 Å². The molecule has 0 amide bonds.